The van der Waals surface area contributed by atoms with Crippen molar-refractivity contribution in [1.82, 2.24) is 9.80 Å². The molecule has 0 atom stereocenters. The lowest BCUT2D eigenvalue weighted by molar-refractivity contribution is -0.117. The number of aliphatic imine (C=N–C) groups is 1. The minimum atomic E-state index is -1.34. The molecular formula is C39H51Cl2N5O8. The number of oxime groups is 1. The Morgan fingerprint density at radius 3 is 2.13 bits per heavy atom. The second kappa shape index (κ2) is 21.1. The molecule has 0 saturated heterocycles. The number of hydrogen-bond donors (Lipinski definition) is 2. The van der Waals surface area contributed by atoms with Gasteiger partial charge in [-0.25, -0.2) is 9.59 Å². The van der Waals surface area contributed by atoms with E-state index in [1.165, 1.54) is 17.0 Å². The Morgan fingerprint density at radius 1 is 0.981 bits per heavy atom. The number of amidine groups is 1. The van der Waals surface area contributed by atoms with Crippen LogP contribution < -0.4 is 10.1 Å². The number of amides is 4. The first kappa shape index (κ1) is 45.3. The normalized spacial score (nSPS) is 12.0. The van der Waals surface area contributed by atoms with Gasteiger partial charge < -0.3 is 24.7 Å². The minimum absolute atomic E-state index is 0.0382. The molecular weight excluding hydrogens is 737 g/mol. The van der Waals surface area contributed by atoms with Crippen molar-refractivity contribution in [3.05, 3.63) is 82.9 Å². The molecule has 0 fully saturated rings. The van der Waals surface area contributed by atoms with Crippen LogP contribution in [-0.4, -0.2) is 87.9 Å². The predicted octanol–water partition coefficient (Wildman–Crippen LogP) is 8.78. The molecule has 4 amide bonds. The number of carbonyl (C=O) groups is 4. The minimum Gasteiger partial charge on any atom is -0.490 e. The molecule has 0 aromatic heterocycles. The standard InChI is InChI=1S/C39H51Cl2N5O8/c1-10-13-14-19-45(37(51)54-39(7,8)9)25-34(48)43-35-29(40)21-26(22-30(35)41)23-32(46(36(49)50)38(4,5)6)42-33(47)24-31(44-53-12-3)27-15-17-28(18-16-27)52-20-11-2/h10-11,15-18,21-22H,1-2,12-14,19-20,23-25H2,3-9H3,(H,43,48)(H,49,50). The topological polar surface area (TPSA) is 159 Å². The van der Waals surface area contributed by atoms with Crippen LogP contribution in [0.15, 0.2) is 71.9 Å². The van der Waals surface area contributed by atoms with Gasteiger partial charge in [0.2, 0.25) is 5.91 Å². The van der Waals surface area contributed by atoms with Crippen LogP contribution >= 0.6 is 23.2 Å². The zero-order valence-corrected chi connectivity index (χ0v) is 33.6. The summed E-state index contributed by atoms with van der Waals surface area (Å²) < 4.78 is 11.0. The predicted molar refractivity (Wildman–Crippen MR) is 213 cm³/mol. The molecule has 0 spiro atoms. The summed E-state index contributed by atoms with van der Waals surface area (Å²) in [5, 5.41) is 17.1. The maximum absolute atomic E-state index is 13.5. The molecule has 0 aliphatic heterocycles. The SMILES string of the molecule is C=CCCCN(CC(=O)Nc1c(Cl)cc(CC(=NC(=O)CC(=NOCC)c2ccc(OCC=C)cc2)N(C(=O)O)C(C)(C)C)cc1Cl)C(=O)OC(C)(C)C. The second-order valence-electron chi connectivity index (χ2n) is 14.0. The highest BCUT2D eigenvalue weighted by atomic mass is 35.5. The molecule has 2 N–H and O–H groups in total. The fourth-order valence-corrected chi connectivity index (χ4v) is 5.50. The lowest BCUT2D eigenvalue weighted by atomic mass is 10.0. The molecule has 2 rings (SSSR count). The first-order valence-corrected chi connectivity index (χ1v) is 18.1. The van der Waals surface area contributed by atoms with E-state index in [1.54, 1.807) is 84.9 Å². The van der Waals surface area contributed by atoms with Crippen LogP contribution in [-0.2, 0) is 25.6 Å². The van der Waals surface area contributed by atoms with Crippen molar-refractivity contribution < 1.29 is 38.6 Å². The summed E-state index contributed by atoms with van der Waals surface area (Å²) in [6, 6.07) is 9.84. The van der Waals surface area contributed by atoms with Gasteiger partial charge in [-0.15, -0.1) is 6.58 Å². The fraction of sp³-hybridized carbons (Fsp3) is 0.436. The van der Waals surface area contributed by atoms with Gasteiger partial charge in [-0.05, 0) is 103 Å². The Morgan fingerprint density at radius 2 is 1.61 bits per heavy atom. The average molecular weight is 789 g/mol. The zero-order chi connectivity index (χ0) is 40.6. The smallest absolute Gasteiger partial charge is 0.413 e. The Hall–Kier alpha value is -4.88. The van der Waals surface area contributed by atoms with Crippen LogP contribution in [0.2, 0.25) is 10.0 Å². The Kier molecular flexibility index (Phi) is 17.7. The Labute approximate surface area is 327 Å². The zero-order valence-electron chi connectivity index (χ0n) is 32.0. The summed E-state index contributed by atoms with van der Waals surface area (Å²) in [7, 11) is 0. The number of carbonyl (C=O) groups excluding carboxylic acids is 3. The summed E-state index contributed by atoms with van der Waals surface area (Å²) in [5.41, 5.74) is -0.442. The number of halogens is 2. The van der Waals surface area contributed by atoms with E-state index in [2.05, 4.69) is 28.6 Å². The maximum atomic E-state index is 13.5. The van der Waals surface area contributed by atoms with Crippen LogP contribution in [0.1, 0.15) is 78.9 Å². The highest BCUT2D eigenvalue weighted by molar-refractivity contribution is 6.40. The van der Waals surface area contributed by atoms with E-state index in [1.807, 2.05) is 0 Å². The van der Waals surface area contributed by atoms with Gasteiger partial charge in [0.05, 0.1) is 27.9 Å². The average Bonchev–Trinajstić information content (AvgIpc) is 3.05. The number of nitrogens with one attached hydrogen (secondary N) is 1. The fourth-order valence-electron chi connectivity index (χ4n) is 4.88. The first-order chi connectivity index (χ1) is 25.3. The number of allylic oxidation sites excluding steroid dienone is 1. The largest absolute Gasteiger partial charge is 0.490 e. The van der Waals surface area contributed by atoms with Crippen LogP contribution in [0.4, 0.5) is 15.3 Å². The summed E-state index contributed by atoms with van der Waals surface area (Å²) in [4.78, 5) is 63.9. The van der Waals surface area contributed by atoms with E-state index in [-0.39, 0.29) is 59.8 Å². The number of ether oxygens (including phenoxy) is 2. The van der Waals surface area contributed by atoms with Gasteiger partial charge in [-0.3, -0.25) is 19.4 Å². The van der Waals surface area contributed by atoms with Crippen molar-refractivity contribution in [2.75, 3.05) is 31.6 Å². The Balaban J connectivity index is 2.43. The number of nitrogens with zero attached hydrogens (tertiary/aromatic N) is 4. The van der Waals surface area contributed by atoms with Crippen LogP contribution in [0.25, 0.3) is 0 Å². The highest BCUT2D eigenvalue weighted by Crippen LogP contribution is 2.33. The molecule has 294 valence electrons. The third-order valence-corrected chi connectivity index (χ3v) is 7.70. The quantitative estimate of drug-likeness (QED) is 0.0529. The summed E-state index contributed by atoms with van der Waals surface area (Å²) in [6.45, 7) is 19.7. The van der Waals surface area contributed by atoms with Crippen LogP contribution in [0.3, 0.4) is 0 Å². The molecule has 0 radical (unpaired) electrons. The van der Waals surface area contributed by atoms with E-state index in [0.717, 1.165) is 4.90 Å². The van der Waals surface area contributed by atoms with Crippen LogP contribution in [0, 0.1) is 0 Å². The number of benzene rings is 2. The highest BCUT2D eigenvalue weighted by Gasteiger charge is 2.32. The summed E-state index contributed by atoms with van der Waals surface area (Å²) in [6.07, 6.45) is 2.06. The number of anilines is 1. The van der Waals surface area contributed by atoms with E-state index in [9.17, 15) is 24.3 Å². The van der Waals surface area contributed by atoms with Crippen molar-refractivity contribution in [2.24, 2.45) is 10.1 Å². The van der Waals surface area contributed by atoms with Gasteiger partial charge in [0.15, 0.2) is 0 Å². The van der Waals surface area contributed by atoms with Crippen LogP contribution in [0.5, 0.6) is 5.75 Å². The molecule has 0 saturated carbocycles. The van der Waals surface area contributed by atoms with Crippen molar-refractivity contribution in [3.63, 3.8) is 0 Å². The van der Waals surface area contributed by atoms with Gasteiger partial charge in [-0.1, -0.05) is 47.1 Å². The maximum Gasteiger partial charge on any atom is 0.413 e. The molecule has 0 aliphatic carbocycles. The molecule has 0 aliphatic rings. The van der Waals surface area contributed by atoms with Crippen molar-refractivity contribution in [1.29, 1.82) is 0 Å². The lowest BCUT2D eigenvalue weighted by Gasteiger charge is -2.34. The van der Waals surface area contributed by atoms with E-state index in [4.69, 9.17) is 37.5 Å². The third-order valence-electron chi connectivity index (χ3n) is 7.10. The van der Waals surface area contributed by atoms with Crippen molar-refractivity contribution in [3.8, 4) is 5.75 Å². The van der Waals surface area contributed by atoms with Gasteiger partial charge in [0, 0.05) is 24.1 Å². The Bertz CT molecular complexity index is 1690. The molecule has 2 aromatic rings. The number of hydrogen-bond acceptors (Lipinski definition) is 8. The molecule has 15 heteroatoms. The van der Waals surface area contributed by atoms with Gasteiger partial charge in [-0.2, -0.15) is 4.99 Å². The van der Waals surface area contributed by atoms with Gasteiger partial charge in [0.1, 0.15) is 36.9 Å². The number of unbranched alkanes of at least 4 members (excludes halogenated alkanes) is 1. The second-order valence-corrected chi connectivity index (χ2v) is 14.8. The molecule has 54 heavy (non-hydrogen) atoms. The monoisotopic (exact) mass is 787 g/mol. The first-order valence-electron chi connectivity index (χ1n) is 17.3. The number of carboxylic acid groups (broad SMARTS) is 1. The third kappa shape index (κ3) is 15.2. The van der Waals surface area contributed by atoms with Gasteiger partial charge >= 0.3 is 12.2 Å². The molecule has 13 nitrogen and oxygen atoms in total. The molecule has 2 aromatic carbocycles. The summed E-state index contributed by atoms with van der Waals surface area (Å²) >= 11 is 13.2. The molecule has 0 heterocycles. The van der Waals surface area contributed by atoms with Gasteiger partial charge in [0.25, 0.3) is 5.91 Å². The van der Waals surface area contributed by atoms with Crippen molar-refractivity contribution >= 4 is 64.4 Å². The van der Waals surface area contributed by atoms with E-state index >= 15 is 0 Å². The number of rotatable bonds is 17. The van der Waals surface area contributed by atoms with E-state index in [0.29, 0.717) is 36.3 Å². The van der Waals surface area contributed by atoms with Crippen molar-refractivity contribution in [2.45, 2.75) is 85.3 Å². The molecule has 0 bridgehead atoms. The summed E-state index contributed by atoms with van der Waals surface area (Å²) in [5.74, 6) is -0.764. The lowest BCUT2D eigenvalue weighted by Crippen LogP contribution is -2.49. The van der Waals surface area contributed by atoms with E-state index < -0.39 is 35.1 Å². The molecule has 0 unspecified atom stereocenters.